The number of carbonyl (C=O) groups is 1. The third-order valence-electron chi connectivity index (χ3n) is 4.67. The first-order chi connectivity index (χ1) is 13.5. The highest BCUT2D eigenvalue weighted by atomic mass is 79.9. The smallest absolute Gasteiger partial charge is 0.278 e. The molecule has 1 amide bonds. The van der Waals surface area contributed by atoms with Crippen LogP contribution in [0.25, 0.3) is 0 Å². The van der Waals surface area contributed by atoms with Gasteiger partial charge in [0.1, 0.15) is 11.9 Å². The van der Waals surface area contributed by atoms with E-state index >= 15 is 0 Å². The number of aryl methyl sites for hydroxylation is 1. The number of aromatic nitrogens is 3. The van der Waals surface area contributed by atoms with E-state index in [2.05, 4.69) is 31.6 Å². The number of nitrogens with one attached hydrogen (secondary N) is 1. The number of hydrogen-bond donors (Lipinski definition) is 1. The molecule has 1 unspecified atom stereocenters. The molecule has 0 saturated heterocycles. The Labute approximate surface area is 170 Å². The number of fused-ring (bicyclic) bond motifs is 1. The highest BCUT2D eigenvalue weighted by Gasteiger charge is 2.28. The van der Waals surface area contributed by atoms with Crippen molar-refractivity contribution in [1.29, 1.82) is 0 Å². The molecule has 144 valence electrons. The molecule has 1 aliphatic heterocycles. The van der Waals surface area contributed by atoms with Gasteiger partial charge in [0, 0.05) is 4.47 Å². The van der Waals surface area contributed by atoms with Crippen LogP contribution < -0.4 is 10.1 Å². The molecule has 2 heterocycles. The first-order valence-corrected chi connectivity index (χ1v) is 9.60. The van der Waals surface area contributed by atoms with Gasteiger partial charge in [0.2, 0.25) is 0 Å². The van der Waals surface area contributed by atoms with E-state index in [1.165, 1.54) is 0 Å². The molecule has 0 bridgehead atoms. The Morgan fingerprint density at radius 1 is 1.29 bits per heavy atom. The number of amides is 1. The van der Waals surface area contributed by atoms with Crippen molar-refractivity contribution in [2.24, 2.45) is 0 Å². The number of ether oxygens (including phenoxy) is 2. The fraction of sp³-hybridized carbons (Fsp3) is 0.250. The van der Waals surface area contributed by atoms with Crippen molar-refractivity contribution in [1.82, 2.24) is 15.0 Å². The van der Waals surface area contributed by atoms with Crippen LogP contribution in [0.2, 0.25) is 0 Å². The minimum atomic E-state index is -0.308. The maximum atomic E-state index is 12.7. The number of methoxy groups -OCH3 is 1. The number of halogens is 1. The minimum Gasteiger partial charge on any atom is -0.497 e. The van der Waals surface area contributed by atoms with Crippen molar-refractivity contribution in [2.45, 2.75) is 26.2 Å². The highest BCUT2D eigenvalue weighted by molar-refractivity contribution is 9.10. The Morgan fingerprint density at radius 2 is 2.07 bits per heavy atom. The average molecular weight is 443 g/mol. The van der Waals surface area contributed by atoms with Crippen LogP contribution in [0.1, 0.15) is 33.4 Å². The molecule has 1 atom stereocenters. The molecule has 0 saturated carbocycles. The van der Waals surface area contributed by atoms with Crippen molar-refractivity contribution < 1.29 is 14.3 Å². The largest absolute Gasteiger partial charge is 0.497 e. The quantitative estimate of drug-likeness (QED) is 0.662. The summed E-state index contributed by atoms with van der Waals surface area (Å²) in [4.78, 5) is 12.7. The lowest BCUT2D eigenvalue weighted by Crippen LogP contribution is -2.24. The number of nitrogens with zero attached hydrogens (tertiary/aromatic N) is 3. The molecule has 1 N–H and O–H groups in total. The van der Waals surface area contributed by atoms with Crippen LogP contribution in [0, 0.1) is 6.92 Å². The second kappa shape index (κ2) is 7.73. The Bertz CT molecular complexity index is 1020. The number of anilines is 1. The van der Waals surface area contributed by atoms with Crippen LogP contribution >= 0.6 is 15.9 Å². The van der Waals surface area contributed by atoms with E-state index in [1.807, 2.05) is 49.4 Å². The Hall–Kier alpha value is -2.71. The number of benzene rings is 2. The van der Waals surface area contributed by atoms with Crippen molar-refractivity contribution >= 4 is 27.5 Å². The minimum absolute atomic E-state index is 0.151. The molecule has 0 fully saturated rings. The predicted molar refractivity (Wildman–Crippen MR) is 107 cm³/mol. The summed E-state index contributed by atoms with van der Waals surface area (Å²) in [6, 6.07) is 13.5. The van der Waals surface area contributed by atoms with Gasteiger partial charge in [-0.1, -0.05) is 23.4 Å². The topological polar surface area (TPSA) is 78.3 Å². The second-order valence-corrected chi connectivity index (χ2v) is 7.43. The molecular formula is C20H19BrN4O3. The van der Waals surface area contributed by atoms with E-state index in [4.69, 9.17) is 9.47 Å². The van der Waals surface area contributed by atoms with Crippen LogP contribution in [0.4, 0.5) is 5.69 Å². The summed E-state index contributed by atoms with van der Waals surface area (Å²) in [5, 5.41) is 11.1. The van der Waals surface area contributed by atoms with E-state index in [9.17, 15) is 4.79 Å². The van der Waals surface area contributed by atoms with E-state index in [0.29, 0.717) is 17.9 Å². The molecule has 7 nitrogen and oxygen atoms in total. The standard InChI is InChI=1S/C20H19BrN4O3/c1-12-3-8-16(15(21)9-12)22-20(26)19-17-11-28-18(10-25(17)24-23-19)13-4-6-14(27-2)7-5-13/h3-9,18H,10-11H2,1-2H3,(H,22,26). The monoisotopic (exact) mass is 442 g/mol. The highest BCUT2D eigenvalue weighted by Crippen LogP contribution is 2.29. The maximum absolute atomic E-state index is 12.7. The maximum Gasteiger partial charge on any atom is 0.278 e. The van der Waals surface area contributed by atoms with Crippen molar-refractivity contribution in [3.63, 3.8) is 0 Å². The van der Waals surface area contributed by atoms with Crippen LogP contribution in [0.15, 0.2) is 46.9 Å². The van der Waals surface area contributed by atoms with Crippen molar-refractivity contribution in [3.05, 3.63) is 69.5 Å². The summed E-state index contributed by atoms with van der Waals surface area (Å²) in [7, 11) is 1.63. The van der Waals surface area contributed by atoms with Gasteiger partial charge in [-0.2, -0.15) is 0 Å². The Kier molecular flexibility index (Phi) is 5.15. The summed E-state index contributed by atoms with van der Waals surface area (Å²) >= 11 is 3.47. The van der Waals surface area contributed by atoms with E-state index in [1.54, 1.807) is 11.8 Å². The zero-order valence-corrected chi connectivity index (χ0v) is 17.1. The fourth-order valence-electron chi connectivity index (χ4n) is 3.11. The number of carbonyl (C=O) groups excluding carboxylic acids is 1. The fourth-order valence-corrected chi connectivity index (χ4v) is 3.70. The first-order valence-electron chi connectivity index (χ1n) is 8.80. The lowest BCUT2D eigenvalue weighted by Gasteiger charge is -2.24. The van der Waals surface area contributed by atoms with Gasteiger partial charge >= 0.3 is 0 Å². The third-order valence-corrected chi connectivity index (χ3v) is 5.33. The molecule has 0 radical (unpaired) electrons. The van der Waals surface area contributed by atoms with Crippen molar-refractivity contribution in [2.75, 3.05) is 12.4 Å². The SMILES string of the molecule is COc1ccc(C2Cn3nnc(C(=O)Nc4ccc(C)cc4Br)c3CO2)cc1. The molecule has 4 rings (SSSR count). The lowest BCUT2D eigenvalue weighted by atomic mass is 10.1. The van der Waals surface area contributed by atoms with Gasteiger partial charge in [0.05, 0.1) is 31.6 Å². The van der Waals surface area contributed by atoms with Crippen LogP contribution in [-0.4, -0.2) is 28.0 Å². The van der Waals surface area contributed by atoms with Crippen LogP contribution in [0.3, 0.4) is 0 Å². The molecular weight excluding hydrogens is 424 g/mol. The van der Waals surface area contributed by atoms with Gasteiger partial charge in [-0.05, 0) is 58.2 Å². The van der Waals surface area contributed by atoms with Gasteiger partial charge in [0.15, 0.2) is 5.69 Å². The lowest BCUT2D eigenvalue weighted by molar-refractivity contribution is -0.00173. The van der Waals surface area contributed by atoms with Gasteiger partial charge < -0.3 is 14.8 Å². The number of hydrogen-bond acceptors (Lipinski definition) is 5. The van der Waals surface area contributed by atoms with E-state index in [-0.39, 0.29) is 24.3 Å². The van der Waals surface area contributed by atoms with Gasteiger partial charge in [-0.3, -0.25) is 4.79 Å². The number of rotatable bonds is 4. The second-order valence-electron chi connectivity index (χ2n) is 6.58. The summed E-state index contributed by atoms with van der Waals surface area (Å²) in [5.74, 6) is 0.486. The van der Waals surface area contributed by atoms with Crippen LogP contribution in [-0.2, 0) is 17.9 Å². The molecule has 0 aliphatic carbocycles. The molecule has 8 heteroatoms. The Morgan fingerprint density at radius 3 is 2.79 bits per heavy atom. The summed E-state index contributed by atoms with van der Waals surface area (Å²) in [5.41, 5.74) is 3.76. The molecule has 0 spiro atoms. The molecule has 1 aliphatic rings. The average Bonchev–Trinajstić information content (AvgIpc) is 3.13. The zero-order valence-electron chi connectivity index (χ0n) is 15.5. The molecule has 1 aromatic heterocycles. The molecule has 2 aromatic carbocycles. The Balaban J connectivity index is 1.50. The van der Waals surface area contributed by atoms with Crippen LogP contribution in [0.5, 0.6) is 5.75 Å². The molecule has 28 heavy (non-hydrogen) atoms. The summed E-state index contributed by atoms with van der Waals surface area (Å²) in [6.45, 7) is 2.75. The summed E-state index contributed by atoms with van der Waals surface area (Å²) in [6.07, 6.45) is -0.151. The summed E-state index contributed by atoms with van der Waals surface area (Å²) < 4.78 is 13.7. The zero-order chi connectivity index (χ0) is 19.7. The van der Waals surface area contributed by atoms with Gasteiger partial charge in [-0.25, -0.2) is 4.68 Å². The first kappa shape index (κ1) is 18.6. The van der Waals surface area contributed by atoms with Crippen molar-refractivity contribution in [3.8, 4) is 5.75 Å². The predicted octanol–water partition coefficient (Wildman–Crippen LogP) is 3.88. The molecule has 3 aromatic rings. The van der Waals surface area contributed by atoms with Gasteiger partial charge in [-0.15, -0.1) is 5.10 Å². The van der Waals surface area contributed by atoms with E-state index in [0.717, 1.165) is 21.3 Å². The van der Waals surface area contributed by atoms with Gasteiger partial charge in [0.25, 0.3) is 5.91 Å². The van der Waals surface area contributed by atoms with E-state index < -0.39 is 0 Å². The normalized spacial score (nSPS) is 15.8. The third kappa shape index (κ3) is 3.65.